The van der Waals surface area contributed by atoms with Crippen molar-refractivity contribution in [2.45, 2.75) is 51.3 Å². The third-order valence-electron chi connectivity index (χ3n) is 4.56. The van der Waals surface area contributed by atoms with Gasteiger partial charge in [0, 0.05) is 22.7 Å². The van der Waals surface area contributed by atoms with Crippen LogP contribution < -0.4 is 15.8 Å². The van der Waals surface area contributed by atoms with Gasteiger partial charge in [0.15, 0.2) is 0 Å². The zero-order valence-electron chi connectivity index (χ0n) is 18.2. The van der Waals surface area contributed by atoms with Crippen LogP contribution in [-0.4, -0.2) is 31.5 Å². The first-order chi connectivity index (χ1) is 15.1. The Kier molecular flexibility index (Phi) is 7.83. The Hall–Kier alpha value is -2.53. The van der Waals surface area contributed by atoms with Crippen molar-refractivity contribution in [3.63, 3.8) is 0 Å². The van der Waals surface area contributed by atoms with Crippen LogP contribution in [0.1, 0.15) is 44.7 Å². The Morgan fingerprint density at radius 2 is 2.22 bits per heavy atom. The molecular weight excluding hydrogens is 448 g/mol. The summed E-state index contributed by atoms with van der Waals surface area (Å²) in [5.41, 5.74) is 8.63. The van der Waals surface area contributed by atoms with Crippen molar-refractivity contribution >= 4 is 34.4 Å². The summed E-state index contributed by atoms with van der Waals surface area (Å²) < 4.78 is 28.0. The lowest BCUT2D eigenvalue weighted by Crippen LogP contribution is -2.35. The average Bonchev–Trinajstić information content (AvgIpc) is 3.17. The van der Waals surface area contributed by atoms with Crippen molar-refractivity contribution in [3.05, 3.63) is 58.5 Å². The van der Waals surface area contributed by atoms with Crippen LogP contribution in [-0.2, 0) is 16.0 Å². The molecule has 5 N–H and O–H groups in total. The van der Waals surface area contributed by atoms with Crippen molar-refractivity contribution < 1.29 is 18.3 Å². The normalized spacial score (nSPS) is 18.0. The molecule has 0 saturated carbocycles. The molecule has 0 saturated heterocycles. The van der Waals surface area contributed by atoms with Crippen LogP contribution in [0.2, 0.25) is 0 Å². The number of aromatic nitrogens is 1. The second-order valence-corrected chi connectivity index (χ2v) is 10.1. The number of alkyl carbamates (subject to hydrolysis) is 1. The third-order valence-corrected chi connectivity index (χ3v) is 6.02. The predicted octanol–water partition coefficient (Wildman–Crippen LogP) is 4.33. The topological polar surface area (TPSA) is 127 Å². The molecule has 3 atom stereocenters. The molecule has 2 aromatic rings. The van der Waals surface area contributed by atoms with Crippen molar-refractivity contribution in [2.24, 2.45) is 0 Å². The Balaban J connectivity index is 1.79. The van der Waals surface area contributed by atoms with Crippen molar-refractivity contribution in [3.8, 4) is 11.3 Å². The lowest BCUT2D eigenvalue weighted by molar-refractivity contribution is 0.0503. The Bertz CT molecular complexity index is 1040. The molecule has 10 heteroatoms. The molecule has 32 heavy (non-hydrogen) atoms. The van der Waals surface area contributed by atoms with Crippen LogP contribution in [0.4, 0.5) is 10.5 Å². The van der Waals surface area contributed by atoms with Gasteiger partial charge < -0.3 is 15.8 Å². The fraction of sp³-hybridized carbons (Fsp3) is 0.364. The lowest BCUT2D eigenvalue weighted by atomic mass is 9.98. The highest BCUT2D eigenvalue weighted by Crippen LogP contribution is 2.31. The van der Waals surface area contributed by atoms with E-state index < -0.39 is 29.0 Å². The molecular formula is C22H28N4O4S2. The Morgan fingerprint density at radius 3 is 2.84 bits per heavy atom. The smallest absolute Gasteiger partial charge is 0.408 e. The van der Waals surface area contributed by atoms with Gasteiger partial charge >= 0.3 is 6.09 Å². The molecule has 0 fully saturated rings. The fourth-order valence-corrected chi connectivity index (χ4v) is 4.51. The molecule has 0 spiro atoms. The standard InChI is InChI=1S/C22H28N4O4S2/c1-22(2,3)30-21(27)25-18(11-14-7-9-17(10-8-14)26-32(28)29)20-24-19(13-31-20)15-5-4-6-16(23)12-15/h4-9,12-13,17-18,26H,10-11,23H2,1-3H3,(H,25,27)(H,28,29)/t17?,18-/m0/s1. The molecule has 3 rings (SSSR count). The number of thiazole rings is 1. The maximum absolute atomic E-state index is 12.5. The number of nitrogens with two attached hydrogens (primary N) is 1. The lowest BCUT2D eigenvalue weighted by Gasteiger charge is -2.24. The van der Waals surface area contributed by atoms with E-state index in [9.17, 15) is 9.00 Å². The van der Waals surface area contributed by atoms with E-state index in [0.29, 0.717) is 18.5 Å². The molecule has 1 aliphatic rings. The first-order valence-electron chi connectivity index (χ1n) is 10.1. The maximum Gasteiger partial charge on any atom is 0.408 e. The van der Waals surface area contributed by atoms with Gasteiger partial charge in [-0.05, 0) is 51.3 Å². The Labute approximate surface area is 194 Å². The quantitative estimate of drug-likeness (QED) is 0.348. The largest absolute Gasteiger partial charge is 0.444 e. The number of benzene rings is 1. The van der Waals surface area contributed by atoms with Gasteiger partial charge in [-0.15, -0.1) is 11.3 Å². The van der Waals surface area contributed by atoms with Crippen LogP contribution in [0.3, 0.4) is 0 Å². The molecule has 0 bridgehead atoms. The summed E-state index contributed by atoms with van der Waals surface area (Å²) in [6.45, 7) is 5.44. The molecule has 172 valence electrons. The first-order valence-corrected chi connectivity index (χ1v) is 12.1. The molecule has 0 radical (unpaired) electrons. The summed E-state index contributed by atoms with van der Waals surface area (Å²) in [6.07, 6.45) is 6.29. The van der Waals surface area contributed by atoms with Crippen LogP contribution in [0.5, 0.6) is 0 Å². The number of rotatable bonds is 7. The molecule has 0 aliphatic heterocycles. The summed E-state index contributed by atoms with van der Waals surface area (Å²) >= 11 is -0.614. The average molecular weight is 477 g/mol. The molecule has 2 unspecified atom stereocenters. The first kappa shape index (κ1) is 24.1. The zero-order valence-corrected chi connectivity index (χ0v) is 19.8. The minimum Gasteiger partial charge on any atom is -0.444 e. The number of nitrogens with zero attached hydrogens (tertiary/aromatic N) is 1. The monoisotopic (exact) mass is 476 g/mol. The molecule has 1 aromatic carbocycles. The van der Waals surface area contributed by atoms with E-state index in [1.807, 2.05) is 68.6 Å². The Morgan fingerprint density at radius 1 is 1.44 bits per heavy atom. The van der Waals surface area contributed by atoms with E-state index >= 15 is 0 Å². The van der Waals surface area contributed by atoms with E-state index in [1.54, 1.807) is 0 Å². The van der Waals surface area contributed by atoms with Crippen molar-refractivity contribution in [2.75, 3.05) is 5.73 Å². The van der Waals surface area contributed by atoms with Gasteiger partial charge in [-0.1, -0.05) is 30.4 Å². The SMILES string of the molecule is CC(C)(C)OC(=O)N[C@@H](CC1=CCC(NS(=O)O)C=C1)c1nc(-c2cccc(N)c2)cs1. The fourth-order valence-electron chi connectivity index (χ4n) is 3.20. The van der Waals surface area contributed by atoms with E-state index in [-0.39, 0.29) is 6.04 Å². The van der Waals surface area contributed by atoms with E-state index in [1.165, 1.54) is 11.3 Å². The molecule has 8 nitrogen and oxygen atoms in total. The molecule has 1 heterocycles. The second-order valence-electron chi connectivity index (χ2n) is 8.45. The van der Waals surface area contributed by atoms with Gasteiger partial charge in [-0.2, -0.15) is 0 Å². The summed E-state index contributed by atoms with van der Waals surface area (Å²) in [4.78, 5) is 17.2. The van der Waals surface area contributed by atoms with Crippen LogP contribution >= 0.6 is 11.3 Å². The van der Waals surface area contributed by atoms with Crippen molar-refractivity contribution in [1.29, 1.82) is 0 Å². The molecule has 1 aromatic heterocycles. The molecule has 1 aliphatic carbocycles. The number of hydrogen-bond acceptors (Lipinski definition) is 6. The van der Waals surface area contributed by atoms with Gasteiger partial charge in [0.25, 0.3) is 0 Å². The summed E-state index contributed by atoms with van der Waals surface area (Å²) in [6, 6.07) is 6.89. The van der Waals surface area contributed by atoms with Crippen molar-refractivity contribution in [1.82, 2.24) is 15.0 Å². The summed E-state index contributed by atoms with van der Waals surface area (Å²) in [7, 11) is 0. The highest BCUT2D eigenvalue weighted by molar-refractivity contribution is 7.77. The minimum absolute atomic E-state index is 0.211. The van der Waals surface area contributed by atoms with Gasteiger partial charge in [0.05, 0.1) is 11.7 Å². The second kappa shape index (κ2) is 10.4. The maximum atomic E-state index is 12.5. The van der Waals surface area contributed by atoms with Crippen LogP contribution in [0.25, 0.3) is 11.3 Å². The predicted molar refractivity (Wildman–Crippen MR) is 128 cm³/mol. The van der Waals surface area contributed by atoms with E-state index in [0.717, 1.165) is 21.8 Å². The number of carbonyl (C=O) groups is 1. The third kappa shape index (κ3) is 7.27. The van der Waals surface area contributed by atoms with Gasteiger partial charge in [-0.3, -0.25) is 4.55 Å². The highest BCUT2D eigenvalue weighted by atomic mass is 32.2. The van der Waals surface area contributed by atoms with Gasteiger partial charge in [-0.25, -0.2) is 18.7 Å². The minimum atomic E-state index is -2.07. The number of anilines is 1. The summed E-state index contributed by atoms with van der Waals surface area (Å²) in [5.74, 6) is 0. The molecule has 1 amide bonds. The number of hydrogen-bond donors (Lipinski definition) is 4. The number of nitrogens with one attached hydrogen (secondary N) is 2. The van der Waals surface area contributed by atoms with Gasteiger partial charge in [0.1, 0.15) is 10.6 Å². The van der Waals surface area contributed by atoms with Gasteiger partial charge in [0.2, 0.25) is 11.3 Å². The number of ether oxygens (including phenoxy) is 1. The van der Waals surface area contributed by atoms with E-state index in [4.69, 9.17) is 20.0 Å². The number of carbonyl (C=O) groups excluding carboxylic acids is 1. The van der Waals surface area contributed by atoms with Crippen LogP contribution in [0.15, 0.2) is 53.4 Å². The number of nitrogen functional groups attached to an aromatic ring is 1. The van der Waals surface area contributed by atoms with Crippen LogP contribution in [0, 0.1) is 0 Å². The highest BCUT2D eigenvalue weighted by Gasteiger charge is 2.24. The number of amides is 1. The van der Waals surface area contributed by atoms with E-state index in [2.05, 4.69) is 10.0 Å². The number of allylic oxidation sites excluding steroid dienone is 1. The summed E-state index contributed by atoms with van der Waals surface area (Å²) in [5, 5.41) is 5.63. The zero-order chi connectivity index (χ0) is 23.3.